The molecule has 74 valence electrons. The Morgan fingerprint density at radius 1 is 1.64 bits per heavy atom. The summed E-state index contributed by atoms with van der Waals surface area (Å²) < 4.78 is 2.81. The van der Waals surface area contributed by atoms with Crippen molar-refractivity contribution in [2.24, 2.45) is 5.92 Å². The molecule has 1 amide bonds. The molecule has 2 heterocycles. The van der Waals surface area contributed by atoms with Crippen LogP contribution in [0.4, 0.5) is 0 Å². The summed E-state index contributed by atoms with van der Waals surface area (Å²) in [7, 11) is 1.48. The summed E-state index contributed by atoms with van der Waals surface area (Å²) in [5.74, 6) is 0.0988. The number of nitrogens with zero attached hydrogens (tertiary/aromatic N) is 1. The highest BCUT2D eigenvalue weighted by Crippen LogP contribution is 2.34. The van der Waals surface area contributed by atoms with E-state index in [-0.39, 0.29) is 11.8 Å². The van der Waals surface area contributed by atoms with Gasteiger partial charge in [-0.2, -0.15) is 0 Å². The maximum atomic E-state index is 11.6. The quantitative estimate of drug-likeness (QED) is 0.557. The van der Waals surface area contributed by atoms with E-state index in [1.54, 1.807) is 6.20 Å². The number of allylic oxidation sites excluding steroid dienone is 3. The average molecular weight is 385 g/mol. The predicted molar refractivity (Wildman–Crippen MR) is 69.3 cm³/mol. The summed E-state index contributed by atoms with van der Waals surface area (Å²) >= 11 is 5.57. The highest BCUT2D eigenvalue weighted by Gasteiger charge is 2.24. The minimum atomic E-state index is -0.0713. The summed E-state index contributed by atoms with van der Waals surface area (Å²) in [6, 6.07) is 0. The fraction of sp³-hybridized carbons (Fsp3) is 0.125. The second-order valence-electron chi connectivity index (χ2n) is 2.82. The molecule has 0 aromatic rings. The normalized spacial score (nSPS) is 25.1. The first-order valence-corrected chi connectivity index (χ1v) is 7.98. The van der Waals surface area contributed by atoms with Crippen LogP contribution in [-0.2, 0) is 4.79 Å². The summed E-state index contributed by atoms with van der Waals surface area (Å²) in [4.78, 5) is 11.6. The van der Waals surface area contributed by atoms with Gasteiger partial charge < -0.3 is 5.32 Å². The van der Waals surface area contributed by atoms with Gasteiger partial charge in [0.25, 0.3) is 5.91 Å². The number of fused-ring (bicyclic) bond motifs is 1. The minimum Gasteiger partial charge on any atom is -0.326 e. The monoisotopic (exact) mass is 384 g/mol. The topological polar surface area (TPSA) is 32.3 Å². The van der Waals surface area contributed by atoms with E-state index in [0.717, 1.165) is 4.48 Å². The van der Waals surface area contributed by atoms with Gasteiger partial charge in [-0.15, -0.1) is 0 Å². The number of hydrogen-bond donors (Lipinski definition) is 1. The van der Waals surface area contributed by atoms with Crippen molar-refractivity contribution >= 4 is 52.2 Å². The molecule has 0 aliphatic carbocycles. The molecule has 2 bridgehead atoms. The van der Waals surface area contributed by atoms with E-state index < -0.39 is 0 Å². The Hall–Kier alpha value is 0.0500. The Bertz CT molecular complexity index is 366. The number of carbonyl (C=O) groups is 1. The van der Waals surface area contributed by atoms with Crippen molar-refractivity contribution < 1.29 is 4.79 Å². The summed E-state index contributed by atoms with van der Waals surface area (Å²) in [6.45, 7) is 0. The van der Waals surface area contributed by atoms with Crippen LogP contribution < -0.4 is 5.32 Å². The van der Waals surface area contributed by atoms with E-state index in [2.05, 4.69) is 42.5 Å². The fourth-order valence-corrected chi connectivity index (χ4v) is 3.03. The Kier molecular flexibility index (Phi) is 3.23. The van der Waals surface area contributed by atoms with Gasteiger partial charge in [0.05, 0.1) is 0 Å². The number of hydrogen-bond acceptors (Lipinski definition) is 3. The van der Waals surface area contributed by atoms with E-state index >= 15 is 0 Å². The molecule has 14 heavy (non-hydrogen) atoms. The second kappa shape index (κ2) is 4.28. The van der Waals surface area contributed by atoms with Gasteiger partial charge in [-0.3, -0.25) is 9.10 Å². The molecule has 3 nitrogen and oxygen atoms in total. The molecule has 6 heteroatoms. The van der Waals surface area contributed by atoms with Crippen LogP contribution in [-0.4, -0.2) is 10.2 Å². The smallest absolute Gasteiger partial charge is 0.272 e. The summed E-state index contributed by atoms with van der Waals surface area (Å²) in [5, 5.41) is 2.72. The minimum absolute atomic E-state index is 0.0713. The first-order valence-electron chi connectivity index (χ1n) is 3.87. The van der Waals surface area contributed by atoms with Gasteiger partial charge in [0.15, 0.2) is 0 Å². The molecule has 1 N–H and O–H groups in total. The van der Waals surface area contributed by atoms with Crippen LogP contribution in [0.15, 0.2) is 34.7 Å². The second-order valence-corrected chi connectivity index (χ2v) is 5.45. The first kappa shape index (κ1) is 10.6. The lowest BCUT2D eigenvalue weighted by Crippen LogP contribution is -2.26. The van der Waals surface area contributed by atoms with E-state index in [0.29, 0.717) is 5.70 Å². The predicted octanol–water partition coefficient (Wildman–Crippen LogP) is 2.68. The number of halogens is 2. The number of amides is 1. The van der Waals surface area contributed by atoms with Crippen LogP contribution in [0.2, 0.25) is 0 Å². The highest BCUT2D eigenvalue weighted by atomic mass is 127. The van der Waals surface area contributed by atoms with E-state index in [9.17, 15) is 4.79 Å². The molecular weight excluding hydrogens is 379 g/mol. The molecule has 0 spiro atoms. The lowest BCUT2D eigenvalue weighted by molar-refractivity contribution is -0.117. The SMILES string of the molecule is O=C1NC=C(Br)C2C=CN(SI)C1=C2. The van der Waals surface area contributed by atoms with Gasteiger partial charge in [0, 0.05) is 53.1 Å². The maximum absolute atomic E-state index is 11.6. The standard InChI is InChI=1S/C8H6BrIN2OS/c9-6-4-11-8(13)7-3-5(6)1-2-12(7)14-10/h1-5H,(H,11,13). The van der Waals surface area contributed by atoms with Gasteiger partial charge in [0.2, 0.25) is 0 Å². The van der Waals surface area contributed by atoms with Crippen LogP contribution >= 0.6 is 46.3 Å². The average Bonchev–Trinajstić information content (AvgIpc) is 2.33. The fourth-order valence-electron chi connectivity index (χ4n) is 1.26. The maximum Gasteiger partial charge on any atom is 0.272 e. The molecule has 0 fully saturated rings. The van der Waals surface area contributed by atoms with Crippen molar-refractivity contribution in [3.8, 4) is 0 Å². The summed E-state index contributed by atoms with van der Waals surface area (Å²) in [6.07, 6.45) is 7.59. The van der Waals surface area contributed by atoms with Crippen LogP contribution in [0.3, 0.4) is 0 Å². The van der Waals surface area contributed by atoms with Gasteiger partial charge in [-0.05, 0) is 6.08 Å². The van der Waals surface area contributed by atoms with E-state index in [1.165, 1.54) is 9.12 Å². The molecule has 1 unspecified atom stereocenters. The lowest BCUT2D eigenvalue weighted by Gasteiger charge is -2.22. The van der Waals surface area contributed by atoms with E-state index in [4.69, 9.17) is 0 Å². The molecule has 0 saturated carbocycles. The molecule has 0 radical (unpaired) electrons. The van der Waals surface area contributed by atoms with Crippen molar-refractivity contribution in [2.75, 3.05) is 0 Å². The van der Waals surface area contributed by atoms with Gasteiger partial charge in [-0.1, -0.05) is 22.0 Å². The largest absolute Gasteiger partial charge is 0.326 e. The highest BCUT2D eigenvalue weighted by molar-refractivity contribution is 14.2. The zero-order valence-electron chi connectivity index (χ0n) is 6.91. The number of rotatable bonds is 1. The van der Waals surface area contributed by atoms with Crippen molar-refractivity contribution in [3.05, 3.63) is 34.7 Å². The molecule has 1 atom stereocenters. The third-order valence-electron chi connectivity index (χ3n) is 1.97. The zero-order valence-corrected chi connectivity index (χ0v) is 11.5. The Balaban J connectivity index is 2.37. The van der Waals surface area contributed by atoms with Crippen molar-refractivity contribution in [1.82, 2.24) is 9.62 Å². The molecular formula is C8H6BrIN2OS. The van der Waals surface area contributed by atoms with Crippen molar-refractivity contribution in [3.63, 3.8) is 0 Å². The third kappa shape index (κ3) is 1.87. The molecule has 2 aliphatic rings. The van der Waals surface area contributed by atoms with Gasteiger partial charge in [0.1, 0.15) is 5.70 Å². The molecule has 0 saturated heterocycles. The number of carbonyl (C=O) groups excluding carboxylic acids is 1. The molecule has 2 rings (SSSR count). The Morgan fingerprint density at radius 2 is 2.43 bits per heavy atom. The van der Waals surface area contributed by atoms with Gasteiger partial charge >= 0.3 is 0 Å². The van der Waals surface area contributed by atoms with Crippen molar-refractivity contribution in [2.45, 2.75) is 0 Å². The Morgan fingerprint density at radius 3 is 3.14 bits per heavy atom. The van der Waals surface area contributed by atoms with Crippen LogP contribution in [0.1, 0.15) is 0 Å². The summed E-state index contributed by atoms with van der Waals surface area (Å²) in [5.41, 5.74) is 0.683. The molecule has 2 aliphatic heterocycles. The lowest BCUT2D eigenvalue weighted by atomic mass is 10.1. The van der Waals surface area contributed by atoms with E-state index in [1.807, 2.05) is 22.7 Å². The van der Waals surface area contributed by atoms with Gasteiger partial charge in [-0.25, -0.2) is 0 Å². The van der Waals surface area contributed by atoms with Crippen LogP contribution in [0, 0.1) is 5.92 Å². The van der Waals surface area contributed by atoms with Crippen LogP contribution in [0.5, 0.6) is 0 Å². The van der Waals surface area contributed by atoms with Crippen LogP contribution in [0.25, 0.3) is 0 Å². The molecule has 0 aromatic carbocycles. The molecule has 0 aromatic heterocycles. The third-order valence-corrected chi connectivity index (χ3v) is 4.47. The first-order chi connectivity index (χ1) is 6.72. The Labute approximate surface area is 107 Å². The number of nitrogens with one attached hydrogen (secondary N) is 1. The van der Waals surface area contributed by atoms with Crippen molar-refractivity contribution in [1.29, 1.82) is 0 Å². The zero-order chi connectivity index (χ0) is 10.1.